The molecular formula is C13H26N2. The highest BCUT2D eigenvalue weighted by Gasteiger charge is 2.28. The molecule has 2 rings (SSSR count). The third kappa shape index (κ3) is 3.18. The summed E-state index contributed by atoms with van der Waals surface area (Å²) < 4.78 is 0. The van der Waals surface area contributed by atoms with Crippen LogP contribution in [0.1, 0.15) is 46.0 Å². The summed E-state index contributed by atoms with van der Waals surface area (Å²) in [5.74, 6) is 0.948. The molecule has 2 unspecified atom stereocenters. The van der Waals surface area contributed by atoms with E-state index in [4.69, 9.17) is 0 Å². The van der Waals surface area contributed by atoms with Gasteiger partial charge in [0.2, 0.25) is 0 Å². The average Bonchev–Trinajstić information content (AvgIpc) is 2.63. The fourth-order valence-electron chi connectivity index (χ4n) is 2.99. The van der Waals surface area contributed by atoms with E-state index in [-0.39, 0.29) is 0 Å². The third-order valence-corrected chi connectivity index (χ3v) is 4.32. The van der Waals surface area contributed by atoms with Crippen LogP contribution in [0, 0.1) is 11.3 Å². The Morgan fingerprint density at radius 1 is 1.27 bits per heavy atom. The Labute approximate surface area is 94.2 Å². The number of rotatable bonds is 3. The van der Waals surface area contributed by atoms with E-state index in [1.54, 1.807) is 0 Å². The Morgan fingerprint density at radius 2 is 2.00 bits per heavy atom. The minimum Gasteiger partial charge on any atom is -0.317 e. The van der Waals surface area contributed by atoms with Crippen molar-refractivity contribution in [1.82, 2.24) is 10.6 Å². The van der Waals surface area contributed by atoms with Gasteiger partial charge in [0.15, 0.2) is 0 Å². The minimum absolute atomic E-state index is 0.553. The maximum atomic E-state index is 3.79. The highest BCUT2D eigenvalue weighted by atomic mass is 14.9. The highest BCUT2D eigenvalue weighted by Crippen LogP contribution is 2.29. The summed E-state index contributed by atoms with van der Waals surface area (Å²) in [6.45, 7) is 8.47. The van der Waals surface area contributed by atoms with Gasteiger partial charge in [-0.1, -0.05) is 13.8 Å². The molecule has 1 aliphatic carbocycles. The summed E-state index contributed by atoms with van der Waals surface area (Å²) in [6, 6.07) is 0.812. The van der Waals surface area contributed by atoms with Gasteiger partial charge in [-0.3, -0.25) is 0 Å². The lowest BCUT2D eigenvalue weighted by atomic mass is 9.81. The van der Waals surface area contributed by atoms with Crippen LogP contribution in [0.4, 0.5) is 0 Å². The maximum absolute atomic E-state index is 3.79. The van der Waals surface area contributed by atoms with E-state index in [1.165, 1.54) is 51.7 Å². The molecule has 1 heterocycles. The number of hydrogen-bond donors (Lipinski definition) is 2. The van der Waals surface area contributed by atoms with Crippen molar-refractivity contribution in [2.75, 3.05) is 19.6 Å². The first kappa shape index (κ1) is 11.4. The van der Waals surface area contributed by atoms with E-state index >= 15 is 0 Å². The molecule has 2 atom stereocenters. The third-order valence-electron chi connectivity index (χ3n) is 4.32. The SMILES string of the molecule is CC1CCC(NCC2(C)CCNCC2)C1. The van der Waals surface area contributed by atoms with Crippen LogP contribution in [0.25, 0.3) is 0 Å². The molecule has 0 amide bonds. The van der Waals surface area contributed by atoms with Gasteiger partial charge in [0, 0.05) is 12.6 Å². The first-order valence-electron chi connectivity index (χ1n) is 6.62. The summed E-state index contributed by atoms with van der Waals surface area (Å²) >= 11 is 0. The molecule has 0 bridgehead atoms. The predicted molar refractivity (Wildman–Crippen MR) is 65.0 cm³/mol. The predicted octanol–water partition coefficient (Wildman–Crippen LogP) is 2.15. The quantitative estimate of drug-likeness (QED) is 0.746. The maximum Gasteiger partial charge on any atom is 0.00699 e. The Hall–Kier alpha value is -0.0800. The van der Waals surface area contributed by atoms with E-state index in [0.29, 0.717) is 5.41 Å². The highest BCUT2D eigenvalue weighted by molar-refractivity contribution is 4.86. The molecule has 1 aliphatic heterocycles. The Morgan fingerprint density at radius 3 is 2.60 bits per heavy atom. The molecule has 0 aromatic rings. The molecule has 2 heteroatoms. The molecule has 0 aromatic carbocycles. The molecule has 2 nitrogen and oxygen atoms in total. The van der Waals surface area contributed by atoms with E-state index in [0.717, 1.165) is 12.0 Å². The largest absolute Gasteiger partial charge is 0.317 e. The summed E-state index contributed by atoms with van der Waals surface area (Å²) in [4.78, 5) is 0. The van der Waals surface area contributed by atoms with Crippen molar-refractivity contribution in [3.63, 3.8) is 0 Å². The Bertz CT molecular complexity index is 197. The number of nitrogens with one attached hydrogen (secondary N) is 2. The van der Waals surface area contributed by atoms with Crippen LogP contribution in [0.2, 0.25) is 0 Å². The molecule has 15 heavy (non-hydrogen) atoms. The molecule has 0 radical (unpaired) electrons. The first-order chi connectivity index (χ1) is 7.18. The van der Waals surface area contributed by atoms with Gasteiger partial charge in [0.05, 0.1) is 0 Å². The van der Waals surface area contributed by atoms with Gasteiger partial charge >= 0.3 is 0 Å². The van der Waals surface area contributed by atoms with Crippen molar-refractivity contribution in [3.8, 4) is 0 Å². The first-order valence-corrected chi connectivity index (χ1v) is 6.62. The summed E-state index contributed by atoms with van der Waals surface area (Å²) in [6.07, 6.45) is 6.89. The molecule has 2 N–H and O–H groups in total. The van der Waals surface area contributed by atoms with Crippen LogP contribution in [-0.2, 0) is 0 Å². The van der Waals surface area contributed by atoms with E-state index in [2.05, 4.69) is 24.5 Å². The fourth-order valence-corrected chi connectivity index (χ4v) is 2.99. The van der Waals surface area contributed by atoms with Crippen molar-refractivity contribution in [1.29, 1.82) is 0 Å². The topological polar surface area (TPSA) is 24.1 Å². The lowest BCUT2D eigenvalue weighted by Gasteiger charge is -2.35. The lowest BCUT2D eigenvalue weighted by molar-refractivity contribution is 0.211. The number of piperidine rings is 1. The molecular weight excluding hydrogens is 184 g/mol. The monoisotopic (exact) mass is 210 g/mol. The second-order valence-electron chi connectivity index (χ2n) is 6.06. The van der Waals surface area contributed by atoms with Crippen LogP contribution < -0.4 is 10.6 Å². The summed E-state index contributed by atoms with van der Waals surface area (Å²) in [5, 5.41) is 7.24. The van der Waals surface area contributed by atoms with Crippen molar-refractivity contribution >= 4 is 0 Å². The van der Waals surface area contributed by atoms with Crippen LogP contribution in [0.3, 0.4) is 0 Å². The molecule has 2 aliphatic rings. The van der Waals surface area contributed by atoms with Gasteiger partial charge in [0.25, 0.3) is 0 Å². The van der Waals surface area contributed by atoms with Gasteiger partial charge < -0.3 is 10.6 Å². The van der Waals surface area contributed by atoms with Crippen LogP contribution >= 0.6 is 0 Å². The molecule has 0 spiro atoms. The molecule has 88 valence electrons. The summed E-state index contributed by atoms with van der Waals surface area (Å²) in [7, 11) is 0. The molecule has 0 aromatic heterocycles. The van der Waals surface area contributed by atoms with Crippen LogP contribution in [0.5, 0.6) is 0 Å². The van der Waals surface area contributed by atoms with Gasteiger partial charge in [-0.2, -0.15) is 0 Å². The zero-order valence-electron chi connectivity index (χ0n) is 10.3. The van der Waals surface area contributed by atoms with Crippen molar-refractivity contribution in [2.45, 2.75) is 52.0 Å². The van der Waals surface area contributed by atoms with E-state index in [1.807, 2.05) is 0 Å². The van der Waals surface area contributed by atoms with Gasteiger partial charge in [0.1, 0.15) is 0 Å². The zero-order chi connectivity index (χ0) is 10.7. The summed E-state index contributed by atoms with van der Waals surface area (Å²) in [5.41, 5.74) is 0.553. The standard InChI is InChI=1S/C13H26N2/c1-11-3-4-12(9-11)15-10-13(2)5-7-14-8-6-13/h11-12,14-15H,3-10H2,1-2H3. The van der Waals surface area contributed by atoms with Crippen molar-refractivity contribution in [3.05, 3.63) is 0 Å². The second kappa shape index (κ2) is 4.84. The van der Waals surface area contributed by atoms with E-state index < -0.39 is 0 Å². The Balaban J connectivity index is 1.72. The van der Waals surface area contributed by atoms with Crippen LogP contribution in [0.15, 0.2) is 0 Å². The fraction of sp³-hybridized carbons (Fsp3) is 1.00. The lowest BCUT2D eigenvalue weighted by Crippen LogP contribution is -2.43. The normalized spacial score (nSPS) is 35.6. The average molecular weight is 210 g/mol. The second-order valence-corrected chi connectivity index (χ2v) is 6.06. The molecule has 2 fully saturated rings. The smallest absolute Gasteiger partial charge is 0.00699 e. The number of hydrogen-bond acceptors (Lipinski definition) is 2. The van der Waals surface area contributed by atoms with Gasteiger partial charge in [-0.15, -0.1) is 0 Å². The van der Waals surface area contributed by atoms with Crippen molar-refractivity contribution in [2.24, 2.45) is 11.3 Å². The molecule has 1 saturated heterocycles. The van der Waals surface area contributed by atoms with Crippen molar-refractivity contribution < 1.29 is 0 Å². The minimum atomic E-state index is 0.553. The zero-order valence-corrected chi connectivity index (χ0v) is 10.3. The van der Waals surface area contributed by atoms with Gasteiger partial charge in [-0.25, -0.2) is 0 Å². The van der Waals surface area contributed by atoms with Gasteiger partial charge in [-0.05, 0) is 56.5 Å². The Kier molecular flexibility index (Phi) is 3.68. The van der Waals surface area contributed by atoms with E-state index in [9.17, 15) is 0 Å². The van der Waals surface area contributed by atoms with Crippen LogP contribution in [-0.4, -0.2) is 25.7 Å². The molecule has 1 saturated carbocycles.